The topological polar surface area (TPSA) is 61.6 Å². The van der Waals surface area contributed by atoms with Crippen LogP contribution in [0.1, 0.15) is 17.4 Å². The number of carbonyl (C=O) groups is 1. The SMILES string of the molecule is CCOC(=O)c1coc(SC2COC2)n1. The van der Waals surface area contributed by atoms with Crippen LogP contribution in [-0.2, 0) is 9.47 Å². The van der Waals surface area contributed by atoms with Crippen molar-refractivity contribution in [3.05, 3.63) is 12.0 Å². The van der Waals surface area contributed by atoms with Crippen LogP contribution in [0.15, 0.2) is 15.9 Å². The van der Waals surface area contributed by atoms with E-state index in [-0.39, 0.29) is 5.69 Å². The summed E-state index contributed by atoms with van der Waals surface area (Å²) in [5.74, 6) is -0.446. The molecule has 2 rings (SSSR count). The first-order valence-corrected chi connectivity index (χ1v) is 5.54. The van der Waals surface area contributed by atoms with Gasteiger partial charge in [0.05, 0.1) is 25.1 Å². The number of hydrogen-bond donors (Lipinski definition) is 0. The zero-order chi connectivity index (χ0) is 10.7. The molecule has 2 heterocycles. The molecule has 0 aromatic carbocycles. The highest BCUT2D eigenvalue weighted by atomic mass is 32.2. The summed E-state index contributed by atoms with van der Waals surface area (Å²) in [6, 6.07) is 0. The molecule has 0 amide bonds. The van der Waals surface area contributed by atoms with Crippen molar-refractivity contribution in [2.75, 3.05) is 19.8 Å². The number of ether oxygens (including phenoxy) is 2. The Morgan fingerprint density at radius 1 is 1.73 bits per heavy atom. The number of hydrogen-bond acceptors (Lipinski definition) is 6. The summed E-state index contributed by atoms with van der Waals surface area (Å²) in [6.07, 6.45) is 1.32. The van der Waals surface area contributed by atoms with E-state index < -0.39 is 5.97 Å². The van der Waals surface area contributed by atoms with Gasteiger partial charge in [0.25, 0.3) is 5.22 Å². The van der Waals surface area contributed by atoms with Gasteiger partial charge in [-0.15, -0.1) is 0 Å². The van der Waals surface area contributed by atoms with Crippen molar-refractivity contribution in [3.63, 3.8) is 0 Å². The molecule has 1 aliphatic heterocycles. The summed E-state index contributed by atoms with van der Waals surface area (Å²) in [4.78, 5) is 15.3. The molecule has 82 valence electrons. The first kappa shape index (κ1) is 10.5. The van der Waals surface area contributed by atoms with Crippen LogP contribution in [0.25, 0.3) is 0 Å². The Morgan fingerprint density at radius 2 is 2.53 bits per heavy atom. The molecule has 1 fully saturated rings. The van der Waals surface area contributed by atoms with E-state index in [0.717, 1.165) is 0 Å². The molecular weight excluding hydrogens is 218 g/mol. The monoisotopic (exact) mass is 229 g/mol. The van der Waals surface area contributed by atoms with Gasteiger partial charge in [0.2, 0.25) is 0 Å². The van der Waals surface area contributed by atoms with Gasteiger partial charge in [-0.25, -0.2) is 4.79 Å². The molecular formula is C9H11NO4S. The maximum absolute atomic E-state index is 11.2. The van der Waals surface area contributed by atoms with Crippen molar-refractivity contribution in [2.24, 2.45) is 0 Å². The van der Waals surface area contributed by atoms with Gasteiger partial charge in [-0.3, -0.25) is 0 Å². The Bertz CT molecular complexity index is 348. The molecule has 0 saturated carbocycles. The van der Waals surface area contributed by atoms with E-state index in [4.69, 9.17) is 13.9 Å². The van der Waals surface area contributed by atoms with E-state index in [1.807, 2.05) is 0 Å². The lowest BCUT2D eigenvalue weighted by atomic mass is 10.4. The largest absolute Gasteiger partial charge is 0.461 e. The van der Waals surface area contributed by atoms with Crippen LogP contribution in [0.3, 0.4) is 0 Å². The lowest BCUT2D eigenvalue weighted by molar-refractivity contribution is 0.0451. The highest BCUT2D eigenvalue weighted by Crippen LogP contribution is 2.27. The van der Waals surface area contributed by atoms with Gasteiger partial charge in [-0.1, -0.05) is 11.8 Å². The van der Waals surface area contributed by atoms with Gasteiger partial charge in [-0.2, -0.15) is 4.98 Å². The molecule has 0 unspecified atom stereocenters. The summed E-state index contributed by atoms with van der Waals surface area (Å²) in [6.45, 7) is 3.51. The van der Waals surface area contributed by atoms with Gasteiger partial charge in [0.15, 0.2) is 5.69 Å². The third-order valence-electron chi connectivity index (χ3n) is 1.84. The zero-order valence-corrected chi connectivity index (χ0v) is 9.08. The molecule has 0 bridgehead atoms. The predicted molar refractivity (Wildman–Crippen MR) is 52.9 cm³/mol. The smallest absolute Gasteiger partial charge is 0.360 e. The number of aromatic nitrogens is 1. The zero-order valence-electron chi connectivity index (χ0n) is 8.26. The molecule has 15 heavy (non-hydrogen) atoms. The minimum absolute atomic E-state index is 0.222. The Labute approximate surface area is 91.1 Å². The first-order valence-electron chi connectivity index (χ1n) is 4.66. The van der Waals surface area contributed by atoms with Crippen molar-refractivity contribution >= 4 is 17.7 Å². The summed E-state index contributed by atoms with van der Waals surface area (Å²) in [5.41, 5.74) is 0.222. The van der Waals surface area contributed by atoms with Crippen LogP contribution in [0.5, 0.6) is 0 Å². The maximum Gasteiger partial charge on any atom is 0.360 e. The van der Waals surface area contributed by atoms with E-state index in [1.165, 1.54) is 18.0 Å². The van der Waals surface area contributed by atoms with Crippen molar-refractivity contribution in [2.45, 2.75) is 17.4 Å². The molecule has 0 spiro atoms. The minimum Gasteiger partial charge on any atom is -0.461 e. The molecule has 1 saturated heterocycles. The average Bonchev–Trinajstić information content (AvgIpc) is 2.60. The van der Waals surface area contributed by atoms with Crippen molar-refractivity contribution in [3.8, 4) is 0 Å². The highest BCUT2D eigenvalue weighted by Gasteiger charge is 2.23. The second-order valence-corrected chi connectivity index (χ2v) is 4.25. The summed E-state index contributed by atoms with van der Waals surface area (Å²) in [7, 11) is 0. The Kier molecular flexibility index (Phi) is 3.27. The number of rotatable bonds is 4. The van der Waals surface area contributed by atoms with Crippen LogP contribution >= 0.6 is 11.8 Å². The first-order chi connectivity index (χ1) is 7.29. The summed E-state index contributed by atoms with van der Waals surface area (Å²) >= 11 is 1.48. The number of nitrogens with zero attached hydrogens (tertiary/aromatic N) is 1. The lowest BCUT2D eigenvalue weighted by Gasteiger charge is -2.23. The van der Waals surface area contributed by atoms with Crippen LogP contribution in [0.2, 0.25) is 0 Å². The average molecular weight is 229 g/mol. The summed E-state index contributed by atoms with van der Waals surface area (Å²) in [5, 5.41) is 0.880. The number of esters is 1. The molecule has 6 heteroatoms. The molecule has 0 aliphatic carbocycles. The molecule has 1 aromatic rings. The van der Waals surface area contributed by atoms with Crippen LogP contribution in [0, 0.1) is 0 Å². The fourth-order valence-electron chi connectivity index (χ4n) is 1.03. The van der Waals surface area contributed by atoms with Crippen LogP contribution in [0.4, 0.5) is 0 Å². The van der Waals surface area contributed by atoms with Crippen molar-refractivity contribution in [1.29, 1.82) is 0 Å². The van der Waals surface area contributed by atoms with E-state index in [1.54, 1.807) is 6.92 Å². The Balaban J connectivity index is 1.93. The van der Waals surface area contributed by atoms with Crippen LogP contribution in [-0.4, -0.2) is 36.0 Å². The number of thioether (sulfide) groups is 1. The van der Waals surface area contributed by atoms with Gasteiger partial charge in [0.1, 0.15) is 6.26 Å². The quantitative estimate of drug-likeness (QED) is 0.726. The predicted octanol–water partition coefficient (Wildman–Crippen LogP) is 1.34. The molecule has 5 nitrogen and oxygen atoms in total. The molecule has 1 aromatic heterocycles. The molecule has 0 radical (unpaired) electrons. The highest BCUT2D eigenvalue weighted by molar-refractivity contribution is 7.99. The molecule has 0 N–H and O–H groups in total. The van der Waals surface area contributed by atoms with Crippen LogP contribution < -0.4 is 0 Å². The Hall–Kier alpha value is -1.01. The normalized spacial score (nSPS) is 16.1. The van der Waals surface area contributed by atoms with E-state index in [9.17, 15) is 4.79 Å². The lowest BCUT2D eigenvalue weighted by Crippen LogP contribution is -2.30. The van der Waals surface area contributed by atoms with E-state index >= 15 is 0 Å². The third-order valence-corrected chi connectivity index (χ3v) is 2.84. The fraction of sp³-hybridized carbons (Fsp3) is 0.556. The number of carbonyl (C=O) groups excluding carboxylic acids is 1. The molecule has 0 atom stereocenters. The fourth-order valence-corrected chi connectivity index (χ4v) is 1.90. The molecule has 1 aliphatic rings. The van der Waals surface area contributed by atoms with E-state index in [0.29, 0.717) is 30.3 Å². The standard InChI is InChI=1S/C9H11NO4S/c1-2-13-8(11)7-5-14-9(10-7)15-6-3-12-4-6/h5-6H,2-4H2,1H3. The minimum atomic E-state index is -0.446. The second-order valence-electron chi connectivity index (χ2n) is 3.00. The summed E-state index contributed by atoms with van der Waals surface area (Å²) < 4.78 is 14.9. The second kappa shape index (κ2) is 4.67. The van der Waals surface area contributed by atoms with Gasteiger partial charge < -0.3 is 13.9 Å². The van der Waals surface area contributed by atoms with E-state index in [2.05, 4.69) is 4.98 Å². The van der Waals surface area contributed by atoms with Gasteiger partial charge >= 0.3 is 5.97 Å². The Morgan fingerprint density at radius 3 is 3.13 bits per heavy atom. The number of oxazole rings is 1. The van der Waals surface area contributed by atoms with Crippen molar-refractivity contribution < 1.29 is 18.7 Å². The third kappa shape index (κ3) is 2.51. The van der Waals surface area contributed by atoms with Gasteiger partial charge in [0, 0.05) is 0 Å². The maximum atomic E-state index is 11.2. The van der Waals surface area contributed by atoms with Gasteiger partial charge in [-0.05, 0) is 6.92 Å². The van der Waals surface area contributed by atoms with Crippen molar-refractivity contribution in [1.82, 2.24) is 4.98 Å².